The summed E-state index contributed by atoms with van der Waals surface area (Å²) in [5.41, 5.74) is 0.822. The molecule has 16 heavy (non-hydrogen) atoms. The smallest absolute Gasteiger partial charge is 0.154 e. The molecule has 0 amide bonds. The zero-order valence-corrected chi connectivity index (χ0v) is 10.8. The molecule has 0 aliphatic rings. The van der Waals surface area contributed by atoms with Crippen LogP contribution in [0.4, 0.5) is 0 Å². The van der Waals surface area contributed by atoms with Crippen LogP contribution in [0.5, 0.6) is 0 Å². The van der Waals surface area contributed by atoms with Gasteiger partial charge in [-0.15, -0.1) is 5.10 Å². The predicted octanol–water partition coefficient (Wildman–Crippen LogP) is 2.40. The van der Waals surface area contributed by atoms with Gasteiger partial charge in [0.2, 0.25) is 0 Å². The highest BCUT2D eigenvalue weighted by Gasteiger charge is 1.98. The lowest BCUT2D eigenvalue weighted by atomic mass is 10.2. The molecule has 0 saturated heterocycles. The number of aromatic nitrogens is 2. The molecule has 0 atom stereocenters. The van der Waals surface area contributed by atoms with Crippen molar-refractivity contribution in [3.05, 3.63) is 46.6 Å². The highest BCUT2D eigenvalue weighted by atomic mass is 35.5. The topological polar surface area (TPSA) is 25.8 Å². The van der Waals surface area contributed by atoms with Gasteiger partial charge in [0.15, 0.2) is 5.15 Å². The van der Waals surface area contributed by atoms with Gasteiger partial charge in [-0.3, -0.25) is 0 Å². The van der Waals surface area contributed by atoms with Gasteiger partial charge in [-0.2, -0.15) is 5.10 Å². The van der Waals surface area contributed by atoms with E-state index in [1.807, 2.05) is 26.8 Å². The van der Waals surface area contributed by atoms with Crippen molar-refractivity contribution in [3.63, 3.8) is 0 Å². The van der Waals surface area contributed by atoms with Crippen LogP contribution in [0.2, 0.25) is 5.15 Å². The predicted molar refractivity (Wildman–Crippen MR) is 71.7 cm³/mol. The molecular formula is C13H17ClN2. The summed E-state index contributed by atoms with van der Waals surface area (Å²) in [5.74, 6) is 0. The number of allylic oxidation sites excluding steroid dienone is 2. The van der Waals surface area contributed by atoms with Crippen molar-refractivity contribution in [2.75, 3.05) is 0 Å². The molecule has 0 bridgehead atoms. The van der Waals surface area contributed by atoms with Crippen molar-refractivity contribution in [1.29, 1.82) is 0 Å². The van der Waals surface area contributed by atoms with Gasteiger partial charge in [0.1, 0.15) is 0 Å². The fourth-order valence-corrected chi connectivity index (χ4v) is 1.34. The van der Waals surface area contributed by atoms with Crippen LogP contribution in [0.3, 0.4) is 0 Å². The number of aryl methyl sites for hydroxylation is 1. The Morgan fingerprint density at radius 3 is 2.00 bits per heavy atom. The van der Waals surface area contributed by atoms with Crippen molar-refractivity contribution >= 4 is 23.8 Å². The monoisotopic (exact) mass is 236 g/mol. The zero-order chi connectivity index (χ0) is 12.6. The molecule has 0 aliphatic heterocycles. The molecule has 1 heterocycles. The van der Waals surface area contributed by atoms with Gasteiger partial charge in [0, 0.05) is 10.4 Å². The molecule has 0 saturated carbocycles. The summed E-state index contributed by atoms with van der Waals surface area (Å²) in [6.07, 6.45) is 7.02. The normalized spacial score (nSPS) is 11.8. The summed E-state index contributed by atoms with van der Waals surface area (Å²) in [6.45, 7) is 13.1. The van der Waals surface area contributed by atoms with Crippen LogP contribution < -0.4 is 10.4 Å². The summed E-state index contributed by atoms with van der Waals surface area (Å²) >= 11 is 5.91. The lowest BCUT2D eigenvalue weighted by molar-refractivity contribution is 0.956. The highest BCUT2D eigenvalue weighted by molar-refractivity contribution is 6.29. The van der Waals surface area contributed by atoms with Gasteiger partial charge in [0.05, 0.1) is 5.69 Å². The number of hydrogen-bond acceptors (Lipinski definition) is 2. The Kier molecular flexibility index (Phi) is 7.14. The fourth-order valence-electron chi connectivity index (χ4n) is 1.14. The van der Waals surface area contributed by atoms with Crippen molar-refractivity contribution in [3.8, 4) is 0 Å². The molecular weight excluding hydrogens is 220 g/mol. The first-order valence-electron chi connectivity index (χ1n) is 5.15. The SMILES string of the molecule is C=C/C=c1/c(C)nnc(Cl)/c1=C/C=C.CC. The maximum Gasteiger partial charge on any atom is 0.159 e. The van der Waals surface area contributed by atoms with E-state index in [4.69, 9.17) is 11.6 Å². The molecule has 2 nitrogen and oxygen atoms in total. The molecule has 1 aromatic rings. The van der Waals surface area contributed by atoms with Crippen molar-refractivity contribution < 1.29 is 0 Å². The summed E-state index contributed by atoms with van der Waals surface area (Å²) in [4.78, 5) is 0. The van der Waals surface area contributed by atoms with E-state index < -0.39 is 0 Å². The van der Waals surface area contributed by atoms with Crippen LogP contribution >= 0.6 is 11.6 Å². The average molecular weight is 237 g/mol. The molecule has 0 aliphatic carbocycles. The van der Waals surface area contributed by atoms with Crippen LogP contribution in [-0.4, -0.2) is 10.2 Å². The molecule has 86 valence electrons. The number of rotatable bonds is 2. The lowest BCUT2D eigenvalue weighted by Crippen LogP contribution is -2.30. The van der Waals surface area contributed by atoms with Gasteiger partial charge in [-0.25, -0.2) is 0 Å². The molecule has 0 N–H and O–H groups in total. The Morgan fingerprint density at radius 1 is 1.00 bits per heavy atom. The minimum absolute atomic E-state index is 0.378. The molecule has 1 aromatic heterocycles. The van der Waals surface area contributed by atoms with Gasteiger partial charge < -0.3 is 0 Å². The maximum atomic E-state index is 5.91. The Labute approximate surface area is 102 Å². The summed E-state index contributed by atoms with van der Waals surface area (Å²) < 4.78 is 0. The van der Waals surface area contributed by atoms with E-state index in [2.05, 4.69) is 23.4 Å². The third kappa shape index (κ3) is 3.63. The Morgan fingerprint density at radius 2 is 1.50 bits per heavy atom. The lowest BCUT2D eigenvalue weighted by Gasteiger charge is -1.95. The van der Waals surface area contributed by atoms with Gasteiger partial charge >= 0.3 is 0 Å². The van der Waals surface area contributed by atoms with E-state index in [9.17, 15) is 0 Å². The third-order valence-electron chi connectivity index (χ3n) is 1.76. The molecule has 0 unspecified atom stereocenters. The molecule has 0 fully saturated rings. The first-order chi connectivity index (χ1) is 7.70. The van der Waals surface area contributed by atoms with Crippen molar-refractivity contribution in [2.45, 2.75) is 20.8 Å². The Balaban J connectivity index is 0.00000106. The van der Waals surface area contributed by atoms with E-state index in [0.717, 1.165) is 16.1 Å². The van der Waals surface area contributed by atoms with Crippen LogP contribution in [0.1, 0.15) is 19.5 Å². The van der Waals surface area contributed by atoms with Gasteiger partial charge in [-0.05, 0) is 6.92 Å². The first-order valence-corrected chi connectivity index (χ1v) is 5.52. The highest BCUT2D eigenvalue weighted by Crippen LogP contribution is 1.91. The quantitative estimate of drug-likeness (QED) is 0.788. The largest absolute Gasteiger partial charge is 0.159 e. The first kappa shape index (κ1) is 14.6. The second-order valence-corrected chi connectivity index (χ2v) is 3.07. The van der Waals surface area contributed by atoms with Crippen LogP contribution in [-0.2, 0) is 0 Å². The van der Waals surface area contributed by atoms with Crippen LogP contribution in [0.15, 0.2) is 25.3 Å². The van der Waals surface area contributed by atoms with E-state index in [0.29, 0.717) is 5.15 Å². The summed E-state index contributed by atoms with van der Waals surface area (Å²) in [7, 11) is 0. The van der Waals surface area contributed by atoms with Crippen LogP contribution in [0, 0.1) is 6.92 Å². The minimum atomic E-state index is 0.378. The van der Waals surface area contributed by atoms with E-state index in [-0.39, 0.29) is 0 Å². The third-order valence-corrected chi connectivity index (χ3v) is 2.04. The van der Waals surface area contributed by atoms with E-state index in [1.54, 1.807) is 18.2 Å². The van der Waals surface area contributed by atoms with Crippen molar-refractivity contribution in [2.24, 2.45) is 0 Å². The number of halogens is 1. The molecule has 1 rings (SSSR count). The summed E-state index contributed by atoms with van der Waals surface area (Å²) in [6, 6.07) is 0. The number of hydrogen-bond donors (Lipinski definition) is 0. The zero-order valence-electron chi connectivity index (χ0n) is 10.00. The molecule has 0 radical (unpaired) electrons. The van der Waals surface area contributed by atoms with Gasteiger partial charge in [-0.1, -0.05) is 62.9 Å². The molecule has 3 heteroatoms. The van der Waals surface area contributed by atoms with E-state index >= 15 is 0 Å². The second-order valence-electron chi connectivity index (χ2n) is 2.71. The Hall–Kier alpha value is -1.41. The minimum Gasteiger partial charge on any atom is -0.154 e. The second kappa shape index (κ2) is 7.83. The van der Waals surface area contributed by atoms with Crippen molar-refractivity contribution in [1.82, 2.24) is 10.2 Å². The van der Waals surface area contributed by atoms with E-state index in [1.165, 1.54) is 0 Å². The van der Waals surface area contributed by atoms with Crippen LogP contribution in [0.25, 0.3) is 12.2 Å². The molecule has 0 spiro atoms. The number of nitrogens with zero attached hydrogens (tertiary/aromatic N) is 2. The molecule has 0 aromatic carbocycles. The maximum absolute atomic E-state index is 5.91. The average Bonchev–Trinajstić information content (AvgIpc) is 2.31. The Bertz CT molecular complexity index is 430. The summed E-state index contributed by atoms with van der Waals surface area (Å²) in [5, 5.41) is 9.88. The fraction of sp³-hybridized carbons (Fsp3) is 0.231. The standard InChI is InChI=1S/C11H11ClN2.C2H6/c1-4-6-9-8(3)13-14-11(12)10(9)7-5-2;1-2/h4-7H,1-2H2,3H3;1-2H3/b9-6-,10-7+;. The van der Waals surface area contributed by atoms with Gasteiger partial charge in [0.25, 0.3) is 0 Å².